The lowest BCUT2D eigenvalue weighted by Crippen LogP contribution is -2.35. The maximum Gasteiger partial charge on any atom is 0.223 e. The molecule has 1 saturated carbocycles. The van der Waals surface area contributed by atoms with Gasteiger partial charge in [0.1, 0.15) is 17.7 Å². The summed E-state index contributed by atoms with van der Waals surface area (Å²) in [4.78, 5) is 14.5. The average Bonchev–Trinajstić information content (AvgIpc) is 3.46. The number of methoxy groups -OCH3 is 1. The van der Waals surface area contributed by atoms with Crippen LogP contribution in [0.15, 0.2) is 48.5 Å². The molecule has 4 nitrogen and oxygen atoms in total. The van der Waals surface area contributed by atoms with Crippen LogP contribution < -0.4 is 4.74 Å². The van der Waals surface area contributed by atoms with E-state index in [4.69, 9.17) is 9.47 Å². The Balaban J connectivity index is 1.71. The molecule has 0 N–H and O–H groups in total. The number of nitrogens with zero attached hydrogens (tertiary/aromatic N) is 1. The molecular weight excluding hydrogens is 357 g/mol. The van der Waals surface area contributed by atoms with Crippen molar-refractivity contribution in [1.29, 1.82) is 0 Å². The molecular formula is C23H26FNO3. The number of rotatable bonds is 8. The fourth-order valence-electron chi connectivity index (χ4n) is 3.83. The lowest BCUT2D eigenvalue weighted by molar-refractivity contribution is -0.133. The van der Waals surface area contributed by atoms with E-state index in [1.807, 2.05) is 29.2 Å². The second-order valence-electron chi connectivity index (χ2n) is 7.66. The summed E-state index contributed by atoms with van der Waals surface area (Å²) in [7, 11) is 1.64. The summed E-state index contributed by atoms with van der Waals surface area (Å²) in [6, 6.07) is 14.0. The number of carbonyl (C=O) groups excluding carboxylic acids is 1. The fourth-order valence-corrected chi connectivity index (χ4v) is 3.83. The van der Waals surface area contributed by atoms with E-state index in [-0.39, 0.29) is 23.9 Å². The van der Waals surface area contributed by atoms with Crippen LogP contribution in [0.5, 0.6) is 5.75 Å². The van der Waals surface area contributed by atoms with E-state index < -0.39 is 0 Å². The third kappa shape index (κ3) is 4.20. The Hall–Kier alpha value is -2.40. The molecule has 0 aromatic heterocycles. The first-order valence-corrected chi connectivity index (χ1v) is 9.96. The minimum absolute atomic E-state index is 0.128. The van der Waals surface area contributed by atoms with Crippen LogP contribution in [0.1, 0.15) is 49.0 Å². The van der Waals surface area contributed by atoms with Gasteiger partial charge in [0.05, 0.1) is 19.8 Å². The highest BCUT2D eigenvalue weighted by molar-refractivity contribution is 5.78. The predicted molar refractivity (Wildman–Crippen MR) is 104 cm³/mol. The molecule has 2 aromatic rings. The van der Waals surface area contributed by atoms with Crippen molar-refractivity contribution in [3.63, 3.8) is 0 Å². The molecule has 1 aliphatic heterocycles. The van der Waals surface area contributed by atoms with Gasteiger partial charge in [-0.25, -0.2) is 4.39 Å². The van der Waals surface area contributed by atoms with Gasteiger partial charge in [-0.1, -0.05) is 24.3 Å². The SMILES string of the molecule is COc1ccc([C@@H](OCC2CC2)[C@H](c2ccc(F)cc2)N2CCCC2=O)cc1. The first-order chi connectivity index (χ1) is 13.7. The van der Waals surface area contributed by atoms with Crippen LogP contribution in [0.4, 0.5) is 4.39 Å². The number of ether oxygens (including phenoxy) is 2. The maximum absolute atomic E-state index is 13.5. The van der Waals surface area contributed by atoms with Gasteiger partial charge in [-0.3, -0.25) is 4.79 Å². The molecule has 2 aromatic carbocycles. The lowest BCUT2D eigenvalue weighted by atomic mass is 9.94. The summed E-state index contributed by atoms with van der Waals surface area (Å²) >= 11 is 0. The van der Waals surface area contributed by atoms with E-state index in [0.29, 0.717) is 25.5 Å². The Morgan fingerprint density at radius 1 is 1.07 bits per heavy atom. The summed E-state index contributed by atoms with van der Waals surface area (Å²) in [6.45, 7) is 1.37. The monoisotopic (exact) mass is 383 g/mol. The number of halogens is 1. The average molecular weight is 383 g/mol. The van der Waals surface area contributed by atoms with Gasteiger partial charge in [-0.05, 0) is 60.6 Å². The molecule has 4 rings (SSSR count). The number of amides is 1. The Labute approximate surface area is 165 Å². The van der Waals surface area contributed by atoms with Crippen LogP contribution in [-0.4, -0.2) is 31.1 Å². The van der Waals surface area contributed by atoms with Crippen molar-refractivity contribution < 1.29 is 18.7 Å². The van der Waals surface area contributed by atoms with E-state index in [9.17, 15) is 9.18 Å². The number of likely N-dealkylation sites (tertiary alicyclic amines) is 1. The lowest BCUT2D eigenvalue weighted by Gasteiger charge is -2.35. The molecule has 148 valence electrons. The third-order valence-electron chi connectivity index (χ3n) is 5.60. The van der Waals surface area contributed by atoms with Gasteiger partial charge in [-0.15, -0.1) is 0 Å². The minimum Gasteiger partial charge on any atom is -0.497 e. The fraction of sp³-hybridized carbons (Fsp3) is 0.435. The van der Waals surface area contributed by atoms with Gasteiger partial charge in [0, 0.05) is 13.0 Å². The summed E-state index contributed by atoms with van der Waals surface area (Å²) < 4.78 is 25.2. The van der Waals surface area contributed by atoms with Crippen molar-refractivity contribution in [3.05, 3.63) is 65.5 Å². The highest BCUT2D eigenvalue weighted by atomic mass is 19.1. The molecule has 0 spiro atoms. The van der Waals surface area contributed by atoms with Crippen LogP contribution >= 0.6 is 0 Å². The number of carbonyl (C=O) groups is 1. The van der Waals surface area contributed by atoms with Crippen molar-refractivity contribution in [1.82, 2.24) is 4.90 Å². The van der Waals surface area contributed by atoms with Crippen molar-refractivity contribution in [3.8, 4) is 5.75 Å². The summed E-state index contributed by atoms with van der Waals surface area (Å²) in [5.74, 6) is 1.22. The molecule has 28 heavy (non-hydrogen) atoms. The molecule has 1 heterocycles. The number of hydrogen-bond donors (Lipinski definition) is 0. The quantitative estimate of drug-likeness (QED) is 0.665. The molecule has 1 saturated heterocycles. The number of hydrogen-bond acceptors (Lipinski definition) is 3. The van der Waals surface area contributed by atoms with Crippen molar-refractivity contribution in [2.24, 2.45) is 5.92 Å². The second-order valence-corrected chi connectivity index (χ2v) is 7.66. The zero-order chi connectivity index (χ0) is 19.5. The van der Waals surface area contributed by atoms with E-state index in [2.05, 4.69) is 0 Å². The van der Waals surface area contributed by atoms with E-state index >= 15 is 0 Å². The van der Waals surface area contributed by atoms with Gasteiger partial charge in [-0.2, -0.15) is 0 Å². The molecule has 1 aliphatic carbocycles. The van der Waals surface area contributed by atoms with Gasteiger partial charge < -0.3 is 14.4 Å². The van der Waals surface area contributed by atoms with Crippen LogP contribution in [-0.2, 0) is 9.53 Å². The number of benzene rings is 2. The topological polar surface area (TPSA) is 38.8 Å². The highest BCUT2D eigenvalue weighted by Crippen LogP contribution is 2.41. The van der Waals surface area contributed by atoms with Crippen LogP contribution in [0.2, 0.25) is 0 Å². The van der Waals surface area contributed by atoms with E-state index in [0.717, 1.165) is 23.3 Å². The van der Waals surface area contributed by atoms with Gasteiger partial charge >= 0.3 is 0 Å². The van der Waals surface area contributed by atoms with E-state index in [1.54, 1.807) is 19.2 Å². The molecule has 2 aliphatic rings. The van der Waals surface area contributed by atoms with Gasteiger partial charge in [0.25, 0.3) is 0 Å². The van der Waals surface area contributed by atoms with Crippen molar-refractivity contribution >= 4 is 5.91 Å². The smallest absolute Gasteiger partial charge is 0.223 e. The standard InChI is InChI=1S/C23H26FNO3/c1-27-20-12-8-18(9-13-20)23(28-15-16-4-5-16)22(25-14-2-3-21(25)26)17-6-10-19(24)11-7-17/h6-13,16,22-23H,2-5,14-15H2,1H3/t22-,23+/m0/s1. The summed E-state index contributed by atoms with van der Waals surface area (Å²) in [6.07, 6.45) is 3.47. The summed E-state index contributed by atoms with van der Waals surface area (Å²) in [5, 5.41) is 0. The molecule has 2 fully saturated rings. The maximum atomic E-state index is 13.5. The zero-order valence-electron chi connectivity index (χ0n) is 16.1. The van der Waals surface area contributed by atoms with E-state index in [1.165, 1.54) is 25.0 Å². The Morgan fingerprint density at radius 2 is 1.75 bits per heavy atom. The molecule has 2 atom stereocenters. The Bertz CT molecular complexity index is 802. The van der Waals surface area contributed by atoms with Gasteiger partial charge in [0.15, 0.2) is 0 Å². The normalized spacial score (nSPS) is 18.9. The molecule has 1 amide bonds. The van der Waals surface area contributed by atoms with Crippen LogP contribution in [0, 0.1) is 11.7 Å². The highest BCUT2D eigenvalue weighted by Gasteiger charge is 2.37. The first kappa shape index (κ1) is 18.9. The second kappa shape index (κ2) is 8.31. The molecule has 0 radical (unpaired) electrons. The van der Waals surface area contributed by atoms with Crippen molar-refractivity contribution in [2.45, 2.75) is 37.8 Å². The Kier molecular flexibility index (Phi) is 5.62. The molecule has 5 heteroatoms. The zero-order valence-corrected chi connectivity index (χ0v) is 16.1. The first-order valence-electron chi connectivity index (χ1n) is 9.96. The van der Waals surface area contributed by atoms with Crippen molar-refractivity contribution in [2.75, 3.05) is 20.3 Å². The summed E-state index contributed by atoms with van der Waals surface area (Å²) in [5.41, 5.74) is 1.89. The third-order valence-corrected chi connectivity index (χ3v) is 5.60. The molecule has 0 bridgehead atoms. The van der Waals surface area contributed by atoms with Crippen LogP contribution in [0.3, 0.4) is 0 Å². The Morgan fingerprint density at radius 3 is 2.32 bits per heavy atom. The van der Waals surface area contributed by atoms with Gasteiger partial charge in [0.2, 0.25) is 5.91 Å². The minimum atomic E-state index is -0.306. The molecule has 0 unspecified atom stereocenters. The van der Waals surface area contributed by atoms with Crippen LogP contribution in [0.25, 0.3) is 0 Å². The predicted octanol–water partition coefficient (Wildman–Crippen LogP) is 4.67. The largest absolute Gasteiger partial charge is 0.497 e.